The number of H-pyrrole nitrogens is 1. The number of aromatic nitrogens is 2. The molecule has 0 unspecified atom stereocenters. The fourth-order valence-corrected chi connectivity index (χ4v) is 5.30. The average Bonchev–Trinajstić information content (AvgIpc) is 3.43. The van der Waals surface area contributed by atoms with Gasteiger partial charge in [-0.3, -0.25) is 4.79 Å². The summed E-state index contributed by atoms with van der Waals surface area (Å²) in [7, 11) is 0. The number of anilines is 1. The molecule has 37 heavy (non-hydrogen) atoms. The van der Waals surface area contributed by atoms with Crippen molar-refractivity contribution in [3.8, 4) is 17.0 Å². The number of nitrogens with zero attached hydrogens (tertiary/aromatic N) is 3. The van der Waals surface area contributed by atoms with Gasteiger partial charge in [0.15, 0.2) is 6.61 Å². The molecule has 3 heterocycles. The number of hydrogen-bond donors (Lipinski definition) is 2. The van der Waals surface area contributed by atoms with Crippen LogP contribution in [0.5, 0.6) is 5.75 Å². The molecule has 0 fully saturated rings. The van der Waals surface area contributed by atoms with Crippen LogP contribution >= 0.6 is 11.3 Å². The minimum Gasteiger partial charge on any atom is -0.482 e. The first-order chi connectivity index (χ1) is 18.0. The number of para-hydroxylation sites is 1. The van der Waals surface area contributed by atoms with E-state index in [1.54, 1.807) is 0 Å². The van der Waals surface area contributed by atoms with E-state index in [0.29, 0.717) is 11.4 Å². The van der Waals surface area contributed by atoms with E-state index >= 15 is 0 Å². The normalized spacial score (nSPS) is 13.7. The van der Waals surface area contributed by atoms with Gasteiger partial charge in [-0.15, -0.1) is 11.3 Å². The summed E-state index contributed by atoms with van der Waals surface area (Å²) in [4.78, 5) is 21.1. The summed E-state index contributed by atoms with van der Waals surface area (Å²) in [5.74, 6) is 0.490. The summed E-state index contributed by atoms with van der Waals surface area (Å²) in [6.45, 7) is 6.20. The molecule has 3 aromatic carbocycles. The highest BCUT2D eigenvalue weighted by Gasteiger charge is 2.18. The molecule has 1 amide bonds. The van der Waals surface area contributed by atoms with Gasteiger partial charge >= 0.3 is 0 Å². The van der Waals surface area contributed by atoms with Gasteiger partial charge in [-0.05, 0) is 62.2 Å². The van der Waals surface area contributed by atoms with Crippen LogP contribution in [0.1, 0.15) is 22.4 Å². The molecule has 7 nitrogen and oxygen atoms in total. The van der Waals surface area contributed by atoms with Crippen molar-refractivity contribution in [2.45, 2.75) is 20.8 Å². The van der Waals surface area contributed by atoms with E-state index < -0.39 is 0 Å². The Morgan fingerprint density at radius 1 is 1.05 bits per heavy atom. The molecule has 0 bridgehead atoms. The number of carbonyl (C=O) groups excluding carboxylic acids is 1. The minimum atomic E-state index is -0.165. The lowest BCUT2D eigenvalue weighted by Gasteiger charge is -2.18. The number of carbonyl (C=O) groups is 1. The zero-order valence-corrected chi connectivity index (χ0v) is 21.5. The molecule has 0 saturated heterocycles. The molecule has 1 aliphatic heterocycles. The van der Waals surface area contributed by atoms with E-state index in [9.17, 15) is 4.79 Å². The lowest BCUT2D eigenvalue weighted by molar-refractivity contribution is -0.118. The first-order valence-electron chi connectivity index (χ1n) is 12.0. The molecule has 0 radical (unpaired) electrons. The molecule has 1 aliphatic rings. The molecular formula is C29H25N5O2S. The summed E-state index contributed by atoms with van der Waals surface area (Å²) in [5.41, 5.74) is 8.72. The molecule has 0 saturated carbocycles. The summed E-state index contributed by atoms with van der Waals surface area (Å²) >= 11 is 1.52. The lowest BCUT2D eigenvalue weighted by Crippen LogP contribution is -2.25. The molecular weight excluding hydrogens is 482 g/mol. The second-order valence-electron chi connectivity index (χ2n) is 9.12. The van der Waals surface area contributed by atoms with E-state index in [4.69, 9.17) is 14.8 Å². The van der Waals surface area contributed by atoms with Crippen LogP contribution in [0.3, 0.4) is 0 Å². The first kappa shape index (κ1) is 23.0. The van der Waals surface area contributed by atoms with Crippen molar-refractivity contribution in [1.82, 2.24) is 9.66 Å². The van der Waals surface area contributed by atoms with Crippen LogP contribution in [-0.4, -0.2) is 28.4 Å². The van der Waals surface area contributed by atoms with Crippen LogP contribution in [-0.2, 0) is 4.79 Å². The number of hydrogen-bond acceptors (Lipinski definition) is 5. The molecule has 5 aromatic rings. The Balaban J connectivity index is 1.52. The third kappa shape index (κ3) is 4.36. The average molecular weight is 508 g/mol. The first-order valence-corrected chi connectivity index (χ1v) is 12.9. The van der Waals surface area contributed by atoms with Gasteiger partial charge in [0.2, 0.25) is 4.80 Å². The van der Waals surface area contributed by atoms with Gasteiger partial charge < -0.3 is 15.0 Å². The van der Waals surface area contributed by atoms with Crippen LogP contribution in [0, 0.1) is 20.8 Å². The third-order valence-electron chi connectivity index (χ3n) is 6.42. The van der Waals surface area contributed by atoms with Crippen LogP contribution in [0.2, 0.25) is 0 Å². The number of nitrogens with one attached hydrogen (secondary N) is 2. The molecule has 2 N–H and O–H groups in total. The maximum Gasteiger partial charge on any atom is 0.262 e. The highest BCUT2D eigenvalue weighted by atomic mass is 32.1. The van der Waals surface area contributed by atoms with E-state index in [0.717, 1.165) is 55.0 Å². The van der Waals surface area contributed by atoms with Gasteiger partial charge in [0.1, 0.15) is 5.75 Å². The molecule has 0 atom stereocenters. The fourth-order valence-electron chi connectivity index (χ4n) is 4.45. The Kier molecular flexibility index (Phi) is 5.73. The zero-order valence-electron chi connectivity index (χ0n) is 20.7. The van der Waals surface area contributed by atoms with Gasteiger partial charge in [-0.25, -0.2) is 9.67 Å². The van der Waals surface area contributed by atoms with Crippen molar-refractivity contribution in [2.75, 3.05) is 11.9 Å². The standard InChI is InChI=1S/C29H25N5O2S/c1-17-8-9-18(2)24(12-17)33-29-34(30-14-22-19(3)31-23-7-5-4-6-21(22)23)26(16-37-29)20-10-11-27-25(13-20)32-28(35)15-36-27/h4-14,16,31H,15H2,1-3H3,(H,32,35). The lowest BCUT2D eigenvalue weighted by atomic mass is 10.1. The predicted octanol–water partition coefficient (Wildman–Crippen LogP) is 6.07. The van der Waals surface area contributed by atoms with Gasteiger partial charge in [0.25, 0.3) is 5.91 Å². The summed E-state index contributed by atoms with van der Waals surface area (Å²) in [5, 5.41) is 11.0. The maximum atomic E-state index is 11.9. The number of aryl methyl sites for hydroxylation is 3. The Morgan fingerprint density at radius 3 is 2.81 bits per heavy atom. The quantitative estimate of drug-likeness (QED) is 0.290. The van der Waals surface area contributed by atoms with Crippen molar-refractivity contribution in [1.29, 1.82) is 0 Å². The van der Waals surface area contributed by atoms with Crippen LogP contribution in [0.25, 0.3) is 22.2 Å². The molecule has 2 aromatic heterocycles. The van der Waals surface area contributed by atoms with Crippen molar-refractivity contribution >= 4 is 45.7 Å². The second-order valence-corrected chi connectivity index (χ2v) is 9.96. The monoisotopic (exact) mass is 507 g/mol. The highest BCUT2D eigenvalue weighted by molar-refractivity contribution is 7.07. The minimum absolute atomic E-state index is 0.0257. The predicted molar refractivity (Wildman–Crippen MR) is 149 cm³/mol. The van der Waals surface area contributed by atoms with Crippen LogP contribution in [0.4, 0.5) is 11.4 Å². The van der Waals surface area contributed by atoms with E-state index in [2.05, 4.69) is 54.5 Å². The summed E-state index contributed by atoms with van der Waals surface area (Å²) < 4.78 is 7.41. The topological polar surface area (TPSA) is 83.8 Å². The van der Waals surface area contributed by atoms with Gasteiger partial charge in [-0.1, -0.05) is 30.3 Å². The SMILES string of the molecule is Cc1ccc(C)c(N=c2scc(-c3ccc4c(c3)NC(=O)CO4)n2N=Cc2c(C)[nH]c3ccccc23)c1. The van der Waals surface area contributed by atoms with Crippen molar-refractivity contribution in [3.63, 3.8) is 0 Å². The van der Waals surface area contributed by atoms with Gasteiger partial charge in [0.05, 0.1) is 23.3 Å². The Labute approximate surface area is 217 Å². The number of aromatic amines is 1. The largest absolute Gasteiger partial charge is 0.482 e. The second kappa shape index (κ2) is 9.22. The van der Waals surface area contributed by atoms with E-state index in [1.807, 2.05) is 53.5 Å². The maximum absolute atomic E-state index is 11.9. The summed E-state index contributed by atoms with van der Waals surface area (Å²) in [6, 6.07) is 20.2. The van der Waals surface area contributed by atoms with Crippen molar-refractivity contribution in [2.24, 2.45) is 10.1 Å². The highest BCUT2D eigenvalue weighted by Crippen LogP contribution is 2.33. The molecule has 0 spiro atoms. The Hall–Kier alpha value is -4.43. The number of amides is 1. The number of fused-ring (bicyclic) bond motifs is 2. The zero-order chi connectivity index (χ0) is 25.5. The number of ether oxygens (including phenoxy) is 1. The molecule has 184 valence electrons. The third-order valence-corrected chi connectivity index (χ3v) is 7.24. The van der Waals surface area contributed by atoms with Crippen molar-refractivity contribution in [3.05, 3.63) is 93.2 Å². The number of benzene rings is 3. The van der Waals surface area contributed by atoms with Crippen molar-refractivity contribution < 1.29 is 9.53 Å². The van der Waals surface area contributed by atoms with E-state index in [1.165, 1.54) is 11.3 Å². The summed E-state index contributed by atoms with van der Waals surface area (Å²) in [6.07, 6.45) is 1.88. The van der Waals surface area contributed by atoms with Crippen LogP contribution < -0.4 is 14.9 Å². The van der Waals surface area contributed by atoms with Crippen LogP contribution in [0.15, 0.2) is 76.1 Å². The molecule has 6 rings (SSSR count). The van der Waals surface area contributed by atoms with Gasteiger partial charge in [-0.2, -0.15) is 5.10 Å². The molecule has 8 heteroatoms. The number of thiazole rings is 1. The molecule has 0 aliphatic carbocycles. The smallest absolute Gasteiger partial charge is 0.262 e. The Bertz CT molecular complexity index is 1770. The van der Waals surface area contributed by atoms with E-state index in [-0.39, 0.29) is 12.5 Å². The number of rotatable bonds is 4. The fraction of sp³-hybridized carbons (Fsp3) is 0.138. The van der Waals surface area contributed by atoms with Gasteiger partial charge in [0, 0.05) is 33.1 Å². The Morgan fingerprint density at radius 2 is 1.92 bits per heavy atom.